The van der Waals surface area contributed by atoms with Gasteiger partial charge in [-0.3, -0.25) is 4.79 Å². The number of hydrogen-bond acceptors (Lipinski definition) is 4. The third-order valence-electron chi connectivity index (χ3n) is 1.52. The molecule has 0 bridgehead atoms. The number of hydrogen-bond donors (Lipinski definition) is 1. The Bertz CT molecular complexity index is 273. The molecule has 2 N–H and O–H groups in total. The first-order valence-electron chi connectivity index (χ1n) is 3.48. The second-order valence-electron chi connectivity index (χ2n) is 2.45. The number of nitrogen functional groups attached to an aromatic ring is 1. The van der Waals surface area contributed by atoms with Crippen molar-refractivity contribution in [1.29, 1.82) is 0 Å². The molecule has 0 radical (unpaired) electrons. The first-order chi connectivity index (χ1) is 5.63. The summed E-state index contributed by atoms with van der Waals surface area (Å²) in [6, 6.07) is 0. The minimum absolute atomic E-state index is 0.168. The molecule has 12 heavy (non-hydrogen) atoms. The lowest BCUT2D eigenvalue weighted by atomic mass is 10.3. The van der Waals surface area contributed by atoms with Crippen LogP contribution in [-0.2, 0) is 23.0 Å². The number of anilines is 1. The molecule has 0 saturated carbocycles. The van der Waals surface area contributed by atoms with Crippen LogP contribution in [0.4, 0.5) is 5.95 Å². The van der Waals surface area contributed by atoms with Crippen LogP contribution in [0.2, 0.25) is 0 Å². The Morgan fingerprint density at radius 1 is 1.83 bits per heavy atom. The van der Waals surface area contributed by atoms with E-state index in [9.17, 15) is 4.79 Å². The summed E-state index contributed by atoms with van der Waals surface area (Å²) in [6.45, 7) is 0. The van der Waals surface area contributed by atoms with E-state index in [1.165, 1.54) is 7.11 Å². The van der Waals surface area contributed by atoms with Gasteiger partial charge in [0, 0.05) is 13.2 Å². The number of carbonyl (C=O) groups excluding carboxylic acids is 1. The molecule has 0 atom stereocenters. The van der Waals surface area contributed by atoms with Crippen molar-refractivity contribution < 1.29 is 9.53 Å². The third-order valence-corrected chi connectivity index (χ3v) is 1.52. The van der Waals surface area contributed by atoms with E-state index in [1.807, 2.05) is 0 Å². The van der Waals surface area contributed by atoms with Crippen LogP contribution in [0.15, 0.2) is 6.20 Å². The van der Waals surface area contributed by atoms with Gasteiger partial charge in [-0.25, -0.2) is 4.98 Å². The maximum absolute atomic E-state index is 10.8. The number of esters is 1. The highest BCUT2D eigenvalue weighted by atomic mass is 16.5. The summed E-state index contributed by atoms with van der Waals surface area (Å²) in [4.78, 5) is 14.7. The minimum atomic E-state index is -0.312. The summed E-state index contributed by atoms with van der Waals surface area (Å²) in [7, 11) is 3.11. The quantitative estimate of drug-likeness (QED) is 0.618. The lowest BCUT2D eigenvalue weighted by molar-refractivity contribution is -0.139. The van der Waals surface area contributed by atoms with Gasteiger partial charge in [-0.2, -0.15) is 0 Å². The van der Waals surface area contributed by atoms with Gasteiger partial charge in [0.2, 0.25) is 0 Å². The van der Waals surface area contributed by atoms with E-state index in [4.69, 9.17) is 5.73 Å². The van der Waals surface area contributed by atoms with Crippen LogP contribution in [0.5, 0.6) is 0 Å². The van der Waals surface area contributed by atoms with E-state index in [2.05, 4.69) is 9.72 Å². The smallest absolute Gasteiger partial charge is 0.311 e. The molecule has 66 valence electrons. The van der Waals surface area contributed by atoms with Gasteiger partial charge in [0.1, 0.15) is 0 Å². The van der Waals surface area contributed by atoms with Crippen molar-refractivity contribution in [1.82, 2.24) is 9.55 Å². The summed E-state index contributed by atoms with van der Waals surface area (Å²) in [6.07, 6.45) is 1.87. The van der Waals surface area contributed by atoms with Crippen LogP contribution in [-0.4, -0.2) is 22.6 Å². The molecular weight excluding hydrogens is 158 g/mol. The molecule has 0 amide bonds. The number of imidazole rings is 1. The van der Waals surface area contributed by atoms with Gasteiger partial charge >= 0.3 is 5.97 Å². The summed E-state index contributed by atoms with van der Waals surface area (Å²) < 4.78 is 6.13. The second-order valence-corrected chi connectivity index (χ2v) is 2.45. The first-order valence-corrected chi connectivity index (χ1v) is 3.48. The van der Waals surface area contributed by atoms with E-state index in [1.54, 1.807) is 17.8 Å². The van der Waals surface area contributed by atoms with E-state index >= 15 is 0 Å². The van der Waals surface area contributed by atoms with E-state index in [0.717, 1.165) is 0 Å². The summed E-state index contributed by atoms with van der Waals surface area (Å²) in [5, 5.41) is 0. The highest BCUT2D eigenvalue weighted by molar-refractivity contribution is 5.71. The molecule has 0 aliphatic heterocycles. The Kier molecular flexibility index (Phi) is 2.32. The van der Waals surface area contributed by atoms with Crippen molar-refractivity contribution in [2.24, 2.45) is 7.05 Å². The molecule has 5 nitrogen and oxygen atoms in total. The Morgan fingerprint density at radius 2 is 2.50 bits per heavy atom. The number of methoxy groups -OCH3 is 1. The predicted octanol–water partition coefficient (Wildman–Crippen LogP) is -0.282. The third kappa shape index (κ3) is 1.75. The van der Waals surface area contributed by atoms with Crippen molar-refractivity contribution >= 4 is 11.9 Å². The van der Waals surface area contributed by atoms with Crippen molar-refractivity contribution in [3.63, 3.8) is 0 Å². The van der Waals surface area contributed by atoms with Crippen LogP contribution in [0.1, 0.15) is 5.69 Å². The second kappa shape index (κ2) is 3.25. The van der Waals surface area contributed by atoms with Gasteiger partial charge in [0.15, 0.2) is 5.95 Å². The minimum Gasteiger partial charge on any atom is -0.469 e. The average Bonchev–Trinajstić information content (AvgIpc) is 2.31. The van der Waals surface area contributed by atoms with Gasteiger partial charge < -0.3 is 15.0 Å². The molecular formula is C7H11N3O2. The van der Waals surface area contributed by atoms with Gasteiger partial charge in [-0.05, 0) is 0 Å². The number of nitrogens with two attached hydrogens (primary N) is 1. The number of carbonyl (C=O) groups is 1. The average molecular weight is 169 g/mol. The van der Waals surface area contributed by atoms with Crippen LogP contribution in [0.25, 0.3) is 0 Å². The fourth-order valence-corrected chi connectivity index (χ4v) is 0.850. The largest absolute Gasteiger partial charge is 0.469 e. The number of aryl methyl sites for hydroxylation is 1. The molecule has 1 aromatic rings. The monoisotopic (exact) mass is 169 g/mol. The number of rotatable bonds is 2. The molecule has 0 aliphatic carbocycles. The van der Waals surface area contributed by atoms with Crippen molar-refractivity contribution in [2.75, 3.05) is 12.8 Å². The van der Waals surface area contributed by atoms with E-state index < -0.39 is 0 Å². The SMILES string of the molecule is COC(=O)Cc1cn(C)c(N)n1. The van der Waals surface area contributed by atoms with Gasteiger partial charge in [-0.15, -0.1) is 0 Å². The topological polar surface area (TPSA) is 70.1 Å². The molecule has 0 fully saturated rings. The lowest BCUT2D eigenvalue weighted by Crippen LogP contribution is -2.04. The number of aromatic nitrogens is 2. The summed E-state index contributed by atoms with van der Waals surface area (Å²) in [5.74, 6) is 0.0852. The maximum Gasteiger partial charge on any atom is 0.311 e. The molecule has 1 rings (SSSR count). The fourth-order valence-electron chi connectivity index (χ4n) is 0.850. The van der Waals surface area contributed by atoms with E-state index in [0.29, 0.717) is 11.6 Å². The van der Waals surface area contributed by atoms with E-state index in [-0.39, 0.29) is 12.4 Å². The molecule has 0 unspecified atom stereocenters. The van der Waals surface area contributed by atoms with Gasteiger partial charge in [0.05, 0.1) is 19.2 Å². The molecule has 0 saturated heterocycles. The van der Waals surface area contributed by atoms with Crippen LogP contribution in [0, 0.1) is 0 Å². The molecule has 0 aromatic carbocycles. The number of nitrogens with zero attached hydrogens (tertiary/aromatic N) is 2. The molecule has 0 aliphatic rings. The zero-order chi connectivity index (χ0) is 9.14. The molecule has 1 heterocycles. The van der Waals surface area contributed by atoms with Crippen LogP contribution < -0.4 is 5.73 Å². The predicted molar refractivity (Wildman–Crippen MR) is 43.3 cm³/mol. The highest BCUT2D eigenvalue weighted by Crippen LogP contribution is 2.03. The first kappa shape index (κ1) is 8.58. The van der Waals surface area contributed by atoms with Gasteiger partial charge in [-0.1, -0.05) is 0 Å². The Labute approximate surface area is 70.1 Å². The maximum atomic E-state index is 10.8. The Morgan fingerprint density at radius 3 is 2.92 bits per heavy atom. The number of ether oxygens (including phenoxy) is 1. The Hall–Kier alpha value is -1.52. The lowest BCUT2D eigenvalue weighted by Gasteiger charge is -1.93. The molecule has 0 spiro atoms. The van der Waals surface area contributed by atoms with Crippen LogP contribution >= 0.6 is 0 Å². The standard InChI is InChI=1S/C7H11N3O2/c1-10-4-5(9-7(10)8)3-6(11)12-2/h4H,3H2,1-2H3,(H2,8,9). The fraction of sp³-hybridized carbons (Fsp3) is 0.429. The van der Waals surface area contributed by atoms with Crippen molar-refractivity contribution in [3.8, 4) is 0 Å². The zero-order valence-corrected chi connectivity index (χ0v) is 7.07. The Balaban J connectivity index is 2.70. The zero-order valence-electron chi connectivity index (χ0n) is 7.07. The molecule has 5 heteroatoms. The van der Waals surface area contributed by atoms with Crippen molar-refractivity contribution in [3.05, 3.63) is 11.9 Å². The summed E-state index contributed by atoms with van der Waals surface area (Å²) >= 11 is 0. The van der Waals surface area contributed by atoms with Crippen LogP contribution in [0.3, 0.4) is 0 Å². The molecule has 1 aromatic heterocycles. The van der Waals surface area contributed by atoms with Crippen molar-refractivity contribution in [2.45, 2.75) is 6.42 Å². The summed E-state index contributed by atoms with van der Waals surface area (Å²) in [5.41, 5.74) is 6.08. The van der Waals surface area contributed by atoms with Gasteiger partial charge in [0.25, 0.3) is 0 Å². The highest BCUT2D eigenvalue weighted by Gasteiger charge is 2.06. The normalized spacial score (nSPS) is 9.83.